The van der Waals surface area contributed by atoms with Crippen molar-refractivity contribution in [2.24, 2.45) is 0 Å². The van der Waals surface area contributed by atoms with Crippen LogP contribution in [0.25, 0.3) is 0 Å². The maximum absolute atomic E-state index is 13.1. The van der Waals surface area contributed by atoms with E-state index in [4.69, 9.17) is 0 Å². The summed E-state index contributed by atoms with van der Waals surface area (Å²) < 4.78 is 13.9. The van der Waals surface area contributed by atoms with E-state index in [0.717, 1.165) is 4.47 Å². The molecular formula is C17H17BrFN3O2. The van der Waals surface area contributed by atoms with Crippen molar-refractivity contribution in [2.45, 2.75) is 0 Å². The van der Waals surface area contributed by atoms with Crippen LogP contribution in [0.5, 0.6) is 0 Å². The van der Waals surface area contributed by atoms with Crippen LogP contribution >= 0.6 is 15.9 Å². The Labute approximate surface area is 148 Å². The minimum absolute atomic E-state index is 0.0163. The average Bonchev–Trinajstić information content (AvgIpc) is 2.46. The summed E-state index contributed by atoms with van der Waals surface area (Å²) in [6.07, 6.45) is 0. The molecule has 0 aromatic heterocycles. The van der Waals surface area contributed by atoms with Crippen LogP contribution in [0, 0.1) is 5.82 Å². The highest BCUT2D eigenvalue weighted by Crippen LogP contribution is 2.15. The monoisotopic (exact) mass is 393 g/mol. The quantitative estimate of drug-likeness (QED) is 0.792. The highest BCUT2D eigenvalue weighted by molar-refractivity contribution is 9.10. The van der Waals surface area contributed by atoms with Gasteiger partial charge in [-0.1, -0.05) is 28.1 Å². The van der Waals surface area contributed by atoms with Gasteiger partial charge in [0, 0.05) is 15.8 Å². The number of nitrogens with one attached hydrogen (secondary N) is 2. The molecule has 0 heterocycles. The van der Waals surface area contributed by atoms with Gasteiger partial charge in [-0.2, -0.15) is 0 Å². The van der Waals surface area contributed by atoms with Gasteiger partial charge < -0.3 is 10.6 Å². The number of likely N-dealkylation sites (N-methyl/N-ethyl adjacent to an activating group) is 1. The zero-order chi connectivity index (χ0) is 17.5. The van der Waals surface area contributed by atoms with Crippen LogP contribution in [-0.4, -0.2) is 36.9 Å². The lowest BCUT2D eigenvalue weighted by atomic mass is 10.3. The average molecular weight is 394 g/mol. The molecule has 0 aliphatic heterocycles. The molecule has 0 aliphatic rings. The second-order valence-electron chi connectivity index (χ2n) is 5.29. The molecule has 0 saturated heterocycles. The van der Waals surface area contributed by atoms with Gasteiger partial charge in [0.05, 0.1) is 13.1 Å². The first kappa shape index (κ1) is 18.1. The third-order valence-corrected chi connectivity index (χ3v) is 3.54. The maximum atomic E-state index is 13.1. The van der Waals surface area contributed by atoms with Gasteiger partial charge in [-0.3, -0.25) is 14.5 Å². The van der Waals surface area contributed by atoms with Crippen molar-refractivity contribution in [2.75, 3.05) is 30.8 Å². The van der Waals surface area contributed by atoms with E-state index in [9.17, 15) is 14.0 Å². The van der Waals surface area contributed by atoms with Crippen molar-refractivity contribution in [3.05, 3.63) is 58.8 Å². The second kappa shape index (κ2) is 8.56. The zero-order valence-electron chi connectivity index (χ0n) is 13.1. The summed E-state index contributed by atoms with van der Waals surface area (Å²) in [7, 11) is 1.66. The molecule has 0 aliphatic carbocycles. The van der Waals surface area contributed by atoms with E-state index >= 15 is 0 Å². The Morgan fingerprint density at radius 3 is 2.08 bits per heavy atom. The Balaban J connectivity index is 1.80. The van der Waals surface area contributed by atoms with Crippen molar-refractivity contribution < 1.29 is 14.0 Å². The summed E-state index contributed by atoms with van der Waals surface area (Å²) in [4.78, 5) is 25.4. The van der Waals surface area contributed by atoms with Crippen LogP contribution in [0.4, 0.5) is 15.8 Å². The predicted molar refractivity (Wildman–Crippen MR) is 95.3 cm³/mol. The fourth-order valence-electron chi connectivity index (χ4n) is 2.08. The van der Waals surface area contributed by atoms with Gasteiger partial charge in [0.15, 0.2) is 0 Å². The van der Waals surface area contributed by atoms with E-state index < -0.39 is 5.82 Å². The van der Waals surface area contributed by atoms with Gasteiger partial charge >= 0.3 is 0 Å². The van der Waals surface area contributed by atoms with E-state index in [1.54, 1.807) is 30.1 Å². The number of hydrogen-bond donors (Lipinski definition) is 2. The van der Waals surface area contributed by atoms with Gasteiger partial charge in [0.25, 0.3) is 0 Å². The van der Waals surface area contributed by atoms with Gasteiger partial charge in [-0.15, -0.1) is 0 Å². The molecule has 2 aromatic rings. The highest BCUT2D eigenvalue weighted by Gasteiger charge is 2.11. The van der Waals surface area contributed by atoms with Gasteiger partial charge in [0.2, 0.25) is 11.8 Å². The largest absolute Gasteiger partial charge is 0.325 e. The number of halogens is 2. The van der Waals surface area contributed by atoms with Crippen molar-refractivity contribution in [1.29, 1.82) is 0 Å². The lowest BCUT2D eigenvalue weighted by Crippen LogP contribution is -2.36. The third-order valence-electron chi connectivity index (χ3n) is 3.04. The standard InChI is InChI=1S/C17H17BrFN3O2/c1-22(10-16(23)20-14-6-2-4-12(18)8-14)11-17(24)21-15-7-3-5-13(19)9-15/h2-9H,10-11H2,1H3,(H,20,23)(H,21,24). The SMILES string of the molecule is CN(CC(=O)Nc1cccc(F)c1)CC(=O)Nc1cccc(Br)c1. The first-order valence-electron chi connectivity index (χ1n) is 7.22. The van der Waals surface area contributed by atoms with Crippen LogP contribution in [0.1, 0.15) is 0 Å². The first-order valence-corrected chi connectivity index (χ1v) is 8.01. The summed E-state index contributed by atoms with van der Waals surface area (Å²) in [5.74, 6) is -0.970. The van der Waals surface area contributed by atoms with Gasteiger partial charge in [-0.25, -0.2) is 4.39 Å². The number of anilines is 2. The van der Waals surface area contributed by atoms with Crippen LogP contribution < -0.4 is 10.6 Å². The molecule has 0 atom stereocenters. The lowest BCUT2D eigenvalue weighted by molar-refractivity contribution is -0.119. The number of carbonyl (C=O) groups excluding carboxylic acids is 2. The Kier molecular flexibility index (Phi) is 6.45. The van der Waals surface area contributed by atoms with Crippen molar-refractivity contribution in [3.63, 3.8) is 0 Å². The normalized spacial score (nSPS) is 10.5. The Bertz CT molecular complexity index is 678. The molecule has 2 aromatic carbocycles. The fraction of sp³-hybridized carbons (Fsp3) is 0.176. The van der Waals surface area contributed by atoms with E-state index in [1.165, 1.54) is 18.2 Å². The number of amides is 2. The molecule has 2 rings (SSSR count). The molecule has 0 fully saturated rings. The van der Waals surface area contributed by atoms with E-state index in [-0.39, 0.29) is 24.9 Å². The molecule has 24 heavy (non-hydrogen) atoms. The predicted octanol–water partition coefficient (Wildman–Crippen LogP) is 3.10. The van der Waals surface area contributed by atoms with E-state index in [1.807, 2.05) is 12.1 Å². The Morgan fingerprint density at radius 1 is 1.00 bits per heavy atom. The van der Waals surface area contributed by atoms with Crippen molar-refractivity contribution >= 4 is 39.1 Å². The third kappa shape index (κ3) is 6.10. The Morgan fingerprint density at radius 2 is 1.54 bits per heavy atom. The minimum Gasteiger partial charge on any atom is -0.325 e. The molecule has 0 radical (unpaired) electrons. The van der Waals surface area contributed by atoms with Gasteiger partial charge in [-0.05, 0) is 43.4 Å². The summed E-state index contributed by atoms with van der Waals surface area (Å²) >= 11 is 3.33. The van der Waals surface area contributed by atoms with E-state index in [0.29, 0.717) is 11.4 Å². The number of hydrogen-bond acceptors (Lipinski definition) is 3. The lowest BCUT2D eigenvalue weighted by Gasteiger charge is -2.16. The molecular weight excluding hydrogens is 377 g/mol. The molecule has 7 heteroatoms. The summed E-state index contributed by atoms with van der Waals surface area (Å²) in [6, 6.07) is 12.9. The van der Waals surface area contributed by atoms with Crippen molar-refractivity contribution in [1.82, 2.24) is 4.90 Å². The summed E-state index contributed by atoms with van der Waals surface area (Å²) in [5, 5.41) is 5.34. The fourth-order valence-corrected chi connectivity index (χ4v) is 2.48. The number of nitrogens with zero attached hydrogens (tertiary/aromatic N) is 1. The first-order chi connectivity index (χ1) is 11.4. The van der Waals surface area contributed by atoms with E-state index in [2.05, 4.69) is 26.6 Å². The second-order valence-corrected chi connectivity index (χ2v) is 6.21. The maximum Gasteiger partial charge on any atom is 0.238 e. The molecule has 0 unspecified atom stereocenters. The van der Waals surface area contributed by atoms with Crippen LogP contribution in [0.15, 0.2) is 53.0 Å². The molecule has 0 bridgehead atoms. The molecule has 0 spiro atoms. The zero-order valence-corrected chi connectivity index (χ0v) is 14.6. The van der Waals surface area contributed by atoms with Crippen LogP contribution in [0.3, 0.4) is 0 Å². The van der Waals surface area contributed by atoms with Crippen LogP contribution in [0.2, 0.25) is 0 Å². The highest BCUT2D eigenvalue weighted by atomic mass is 79.9. The van der Waals surface area contributed by atoms with Crippen molar-refractivity contribution in [3.8, 4) is 0 Å². The smallest absolute Gasteiger partial charge is 0.238 e. The number of benzene rings is 2. The molecule has 2 amide bonds. The minimum atomic E-state index is -0.422. The van der Waals surface area contributed by atoms with Crippen LogP contribution in [-0.2, 0) is 9.59 Å². The summed E-state index contributed by atoms with van der Waals surface area (Å²) in [6.45, 7) is 0.0749. The Hall–Kier alpha value is -2.25. The molecule has 0 saturated carbocycles. The number of carbonyl (C=O) groups is 2. The molecule has 126 valence electrons. The molecule has 5 nitrogen and oxygen atoms in total. The summed E-state index contributed by atoms with van der Waals surface area (Å²) in [5.41, 5.74) is 1.05. The number of rotatable bonds is 6. The molecule has 2 N–H and O–H groups in total. The van der Waals surface area contributed by atoms with Gasteiger partial charge in [0.1, 0.15) is 5.82 Å². The topological polar surface area (TPSA) is 61.4 Å².